The van der Waals surface area contributed by atoms with Crippen LogP contribution in [-0.4, -0.2) is 14.8 Å². The van der Waals surface area contributed by atoms with Crippen LogP contribution in [-0.2, 0) is 0 Å². The predicted molar refractivity (Wildman–Crippen MR) is 92.7 cm³/mol. The minimum absolute atomic E-state index is 0.0984. The largest absolute Gasteiger partial charge is 0.324 e. The molecule has 0 bridgehead atoms. The van der Waals surface area contributed by atoms with E-state index in [4.69, 9.17) is 23.2 Å². The van der Waals surface area contributed by atoms with Gasteiger partial charge in [0.1, 0.15) is 12.4 Å². The summed E-state index contributed by atoms with van der Waals surface area (Å²) in [5.74, 6) is 0.674. The van der Waals surface area contributed by atoms with Gasteiger partial charge in [-0.15, -0.1) is 0 Å². The third kappa shape index (κ3) is 2.60. The first-order valence-corrected chi connectivity index (χ1v) is 7.87. The van der Waals surface area contributed by atoms with Crippen LogP contribution in [0.1, 0.15) is 17.2 Å². The van der Waals surface area contributed by atoms with E-state index in [-0.39, 0.29) is 6.04 Å². The van der Waals surface area contributed by atoms with E-state index in [0.717, 1.165) is 16.8 Å². The van der Waals surface area contributed by atoms with E-state index in [1.807, 2.05) is 53.2 Å². The van der Waals surface area contributed by atoms with Gasteiger partial charge < -0.3 is 5.32 Å². The van der Waals surface area contributed by atoms with Gasteiger partial charge in [0.15, 0.2) is 0 Å². The minimum Gasteiger partial charge on any atom is -0.324 e. The Morgan fingerprint density at radius 3 is 2.74 bits per heavy atom. The van der Waals surface area contributed by atoms with Crippen molar-refractivity contribution >= 4 is 34.8 Å². The molecule has 4 nitrogen and oxygen atoms in total. The molecule has 0 amide bonds. The van der Waals surface area contributed by atoms with Crippen LogP contribution in [0.4, 0.5) is 5.95 Å². The van der Waals surface area contributed by atoms with E-state index in [2.05, 4.69) is 21.5 Å². The number of fused-ring (bicyclic) bond motifs is 1. The quantitative estimate of drug-likeness (QED) is 0.737. The Balaban J connectivity index is 1.85. The van der Waals surface area contributed by atoms with E-state index >= 15 is 0 Å². The molecule has 2 aromatic carbocycles. The van der Waals surface area contributed by atoms with Crippen LogP contribution < -0.4 is 5.32 Å². The fourth-order valence-electron chi connectivity index (χ4n) is 2.70. The lowest BCUT2D eigenvalue weighted by atomic mass is 10.0. The normalized spacial score (nSPS) is 16.4. The number of nitrogens with one attached hydrogen (secondary N) is 1. The lowest BCUT2D eigenvalue weighted by molar-refractivity contribution is 0.612. The van der Waals surface area contributed by atoms with Gasteiger partial charge in [-0.1, -0.05) is 53.5 Å². The molecule has 1 aliphatic heterocycles. The maximum Gasteiger partial charge on any atom is 0.226 e. The highest BCUT2D eigenvalue weighted by Gasteiger charge is 2.24. The summed E-state index contributed by atoms with van der Waals surface area (Å²) in [6, 6.07) is 15.3. The number of allylic oxidation sites excluding steroid dienone is 1. The molecular formula is C17H12Cl2N4. The van der Waals surface area contributed by atoms with E-state index in [1.54, 1.807) is 0 Å². The van der Waals surface area contributed by atoms with Crippen molar-refractivity contribution in [3.8, 4) is 0 Å². The van der Waals surface area contributed by atoms with Crippen LogP contribution in [0.3, 0.4) is 0 Å². The summed E-state index contributed by atoms with van der Waals surface area (Å²) >= 11 is 12.5. The SMILES string of the molecule is Clc1cccc(C2C=C(c3ccccc3Cl)Nc3ncnn32)c1. The Morgan fingerprint density at radius 1 is 1.04 bits per heavy atom. The molecular weight excluding hydrogens is 331 g/mol. The molecule has 1 N–H and O–H groups in total. The van der Waals surface area contributed by atoms with Crippen LogP contribution in [0, 0.1) is 0 Å². The number of halogens is 2. The third-order valence-electron chi connectivity index (χ3n) is 3.76. The number of hydrogen-bond donors (Lipinski definition) is 1. The molecule has 0 fully saturated rings. The summed E-state index contributed by atoms with van der Waals surface area (Å²) in [5, 5.41) is 8.97. The van der Waals surface area contributed by atoms with Crippen molar-refractivity contribution in [3.63, 3.8) is 0 Å². The van der Waals surface area contributed by atoms with Gasteiger partial charge in [-0.05, 0) is 29.8 Å². The molecule has 0 saturated carbocycles. The fraction of sp³-hybridized carbons (Fsp3) is 0.0588. The molecule has 3 aromatic rings. The van der Waals surface area contributed by atoms with Gasteiger partial charge in [-0.3, -0.25) is 0 Å². The number of rotatable bonds is 2. The molecule has 0 spiro atoms. The highest BCUT2D eigenvalue weighted by Crippen LogP contribution is 2.34. The molecule has 0 radical (unpaired) electrons. The van der Waals surface area contributed by atoms with Gasteiger partial charge in [-0.25, -0.2) is 4.68 Å². The summed E-state index contributed by atoms with van der Waals surface area (Å²) in [4.78, 5) is 4.28. The second-order valence-electron chi connectivity index (χ2n) is 5.21. The first-order valence-electron chi connectivity index (χ1n) is 7.11. The summed E-state index contributed by atoms with van der Waals surface area (Å²) in [6.45, 7) is 0. The Labute approximate surface area is 143 Å². The zero-order valence-electron chi connectivity index (χ0n) is 11.9. The van der Waals surface area contributed by atoms with Gasteiger partial charge in [0.2, 0.25) is 5.95 Å². The molecule has 2 heterocycles. The lowest BCUT2D eigenvalue weighted by Gasteiger charge is -2.24. The van der Waals surface area contributed by atoms with Crippen molar-refractivity contribution < 1.29 is 0 Å². The van der Waals surface area contributed by atoms with Crippen molar-refractivity contribution in [3.05, 3.63) is 82.1 Å². The van der Waals surface area contributed by atoms with Crippen LogP contribution in [0.15, 0.2) is 60.9 Å². The van der Waals surface area contributed by atoms with E-state index < -0.39 is 0 Å². The second-order valence-corrected chi connectivity index (χ2v) is 6.06. The van der Waals surface area contributed by atoms with Gasteiger partial charge >= 0.3 is 0 Å². The molecule has 23 heavy (non-hydrogen) atoms. The first-order chi connectivity index (χ1) is 11.2. The van der Waals surface area contributed by atoms with E-state index in [0.29, 0.717) is 16.0 Å². The third-order valence-corrected chi connectivity index (χ3v) is 4.33. The molecule has 4 rings (SSSR count). The maximum absolute atomic E-state index is 6.33. The van der Waals surface area contributed by atoms with Gasteiger partial charge in [-0.2, -0.15) is 10.1 Å². The molecule has 1 aliphatic rings. The van der Waals surface area contributed by atoms with Crippen molar-refractivity contribution in [2.24, 2.45) is 0 Å². The minimum atomic E-state index is -0.0984. The van der Waals surface area contributed by atoms with Gasteiger partial charge in [0.05, 0.1) is 0 Å². The van der Waals surface area contributed by atoms with E-state index in [1.165, 1.54) is 6.33 Å². The standard InChI is InChI=1S/C17H12Cl2N4/c18-12-5-3-4-11(8-12)16-9-15(13-6-1-2-7-14(13)19)22-17-20-10-21-23(16)17/h1-10,16H,(H,20,21,22). The smallest absolute Gasteiger partial charge is 0.226 e. The summed E-state index contributed by atoms with van der Waals surface area (Å²) < 4.78 is 1.83. The van der Waals surface area contributed by atoms with Crippen LogP contribution in [0.25, 0.3) is 5.70 Å². The van der Waals surface area contributed by atoms with E-state index in [9.17, 15) is 0 Å². The number of aromatic nitrogens is 3. The van der Waals surface area contributed by atoms with Crippen molar-refractivity contribution in [1.82, 2.24) is 14.8 Å². The highest BCUT2D eigenvalue weighted by molar-refractivity contribution is 6.32. The fourth-order valence-corrected chi connectivity index (χ4v) is 3.13. The average molecular weight is 343 g/mol. The Morgan fingerprint density at radius 2 is 1.91 bits per heavy atom. The highest BCUT2D eigenvalue weighted by atomic mass is 35.5. The van der Waals surface area contributed by atoms with Crippen molar-refractivity contribution in [2.45, 2.75) is 6.04 Å². The Bertz CT molecular complexity index is 901. The summed E-state index contributed by atoms with van der Waals surface area (Å²) in [5.41, 5.74) is 2.87. The summed E-state index contributed by atoms with van der Waals surface area (Å²) in [6.07, 6.45) is 3.61. The number of hydrogen-bond acceptors (Lipinski definition) is 3. The van der Waals surface area contributed by atoms with Crippen LogP contribution in [0.2, 0.25) is 10.0 Å². The Kier molecular flexibility index (Phi) is 3.56. The second kappa shape index (κ2) is 5.72. The monoisotopic (exact) mass is 342 g/mol. The molecule has 0 aliphatic carbocycles. The predicted octanol–water partition coefficient (Wildman–Crippen LogP) is 4.64. The molecule has 0 saturated heterocycles. The zero-order chi connectivity index (χ0) is 15.8. The zero-order valence-corrected chi connectivity index (χ0v) is 13.5. The maximum atomic E-state index is 6.33. The summed E-state index contributed by atoms with van der Waals surface area (Å²) in [7, 11) is 0. The number of anilines is 1. The molecule has 6 heteroatoms. The average Bonchev–Trinajstić information content (AvgIpc) is 3.03. The lowest BCUT2D eigenvalue weighted by Crippen LogP contribution is -2.20. The van der Waals surface area contributed by atoms with Gasteiger partial charge in [0, 0.05) is 21.3 Å². The molecule has 1 atom stereocenters. The molecule has 1 aromatic heterocycles. The topological polar surface area (TPSA) is 42.7 Å². The van der Waals surface area contributed by atoms with Crippen LogP contribution in [0.5, 0.6) is 0 Å². The Hall–Kier alpha value is -2.30. The van der Waals surface area contributed by atoms with Crippen LogP contribution >= 0.6 is 23.2 Å². The molecule has 1 unspecified atom stereocenters. The molecule has 114 valence electrons. The number of nitrogens with zero attached hydrogens (tertiary/aromatic N) is 3. The van der Waals surface area contributed by atoms with Gasteiger partial charge in [0.25, 0.3) is 0 Å². The first kappa shape index (κ1) is 14.3. The van der Waals surface area contributed by atoms with Crippen molar-refractivity contribution in [2.75, 3.05) is 5.32 Å². The van der Waals surface area contributed by atoms with Crippen molar-refractivity contribution in [1.29, 1.82) is 0 Å². The number of benzene rings is 2.